The van der Waals surface area contributed by atoms with Crippen molar-refractivity contribution in [1.29, 1.82) is 0 Å². The summed E-state index contributed by atoms with van der Waals surface area (Å²) in [7, 11) is -3.39. The Morgan fingerprint density at radius 2 is 1.76 bits per heavy atom. The zero-order valence-electron chi connectivity index (χ0n) is 18.2. The van der Waals surface area contributed by atoms with Crippen LogP contribution in [-0.4, -0.2) is 42.8 Å². The third-order valence-corrected chi connectivity index (χ3v) is 6.58. The lowest BCUT2D eigenvalue weighted by atomic mass is 10.1. The van der Waals surface area contributed by atoms with Crippen molar-refractivity contribution in [2.24, 2.45) is 0 Å². The van der Waals surface area contributed by atoms with E-state index >= 15 is 0 Å². The molecule has 0 unspecified atom stereocenters. The minimum Gasteiger partial charge on any atom is -0.270 e. The number of aromatic nitrogens is 2. The number of aryl methyl sites for hydroxylation is 1. The van der Waals surface area contributed by atoms with Gasteiger partial charge in [0.1, 0.15) is 0 Å². The fourth-order valence-corrected chi connectivity index (χ4v) is 4.83. The van der Waals surface area contributed by atoms with Gasteiger partial charge < -0.3 is 0 Å². The lowest BCUT2D eigenvalue weighted by molar-refractivity contribution is 0.0843. The topological polar surface area (TPSA) is 130 Å². The van der Waals surface area contributed by atoms with E-state index in [0.717, 1.165) is 11.8 Å². The molecule has 0 aliphatic carbocycles. The summed E-state index contributed by atoms with van der Waals surface area (Å²) < 4.78 is 26.3. The number of nitrogens with zero attached hydrogens (tertiary/aromatic N) is 3. The molecule has 0 saturated heterocycles. The predicted octanol–water partition coefficient (Wildman–Crippen LogP) is 1.20. The Kier molecular flexibility index (Phi) is 5.90. The smallest absolute Gasteiger partial charge is 0.270 e. The highest BCUT2D eigenvalue weighted by molar-refractivity contribution is 7.92. The van der Waals surface area contributed by atoms with Gasteiger partial charge in [0, 0.05) is 24.0 Å². The van der Waals surface area contributed by atoms with E-state index in [9.17, 15) is 22.8 Å². The minimum atomic E-state index is -3.39. The van der Waals surface area contributed by atoms with Gasteiger partial charge in [-0.3, -0.25) is 29.5 Å². The van der Waals surface area contributed by atoms with Crippen LogP contribution in [0.25, 0.3) is 10.8 Å². The molecule has 1 aliphatic rings. The average Bonchev–Trinajstić information content (AvgIpc) is 3.23. The molecular formula is C22H23N5O5S. The number of rotatable bonds is 5. The third kappa shape index (κ3) is 4.31. The molecule has 0 spiro atoms. The maximum Gasteiger partial charge on any atom is 0.290 e. The fourth-order valence-electron chi connectivity index (χ4n) is 3.87. The number of carbonyl (C=O) groups excluding carboxylic acids is 2. The third-order valence-electron chi connectivity index (χ3n) is 5.40. The van der Waals surface area contributed by atoms with Crippen LogP contribution in [0.2, 0.25) is 0 Å². The number of hydrogen-bond donors (Lipinski definition) is 2. The summed E-state index contributed by atoms with van der Waals surface area (Å²) in [5.41, 5.74) is 6.02. The van der Waals surface area contributed by atoms with Crippen LogP contribution in [0.4, 0.5) is 5.69 Å². The standard InChI is InChI=1S/C22H23N5O5S/c1-3-11-26-22(30)17-7-5-4-6-16(17)19(25-26)21(29)24-23-20(28)15-8-9-18-14(13-15)10-12-27(18)33(2,31)32/h4-9,13H,3,10-12H2,1-2H3,(H,23,28)(H,24,29). The van der Waals surface area contributed by atoms with Crippen LogP contribution in [0.1, 0.15) is 39.8 Å². The SMILES string of the molecule is CCCn1nc(C(=O)NNC(=O)c2ccc3c(c2)CCN3S(C)(=O)=O)c2ccccc2c1=O. The maximum atomic E-state index is 12.8. The molecule has 1 aromatic heterocycles. The number of carbonyl (C=O) groups is 2. The van der Waals surface area contributed by atoms with Crippen molar-refractivity contribution in [3.8, 4) is 0 Å². The van der Waals surface area contributed by atoms with E-state index < -0.39 is 21.8 Å². The molecule has 11 heteroatoms. The van der Waals surface area contributed by atoms with Gasteiger partial charge in [-0.1, -0.05) is 25.1 Å². The second-order valence-corrected chi connectivity index (χ2v) is 9.67. The van der Waals surface area contributed by atoms with Gasteiger partial charge in [-0.15, -0.1) is 0 Å². The van der Waals surface area contributed by atoms with Gasteiger partial charge in [-0.05, 0) is 42.7 Å². The number of hydrogen-bond acceptors (Lipinski definition) is 6. The lowest BCUT2D eigenvalue weighted by Gasteiger charge is -2.16. The molecule has 33 heavy (non-hydrogen) atoms. The molecule has 0 fully saturated rings. The molecule has 0 atom stereocenters. The van der Waals surface area contributed by atoms with E-state index in [-0.39, 0.29) is 16.8 Å². The van der Waals surface area contributed by atoms with Crippen molar-refractivity contribution in [3.63, 3.8) is 0 Å². The van der Waals surface area contributed by atoms with Crippen LogP contribution in [0.15, 0.2) is 47.3 Å². The van der Waals surface area contributed by atoms with Gasteiger partial charge in [0.05, 0.1) is 17.3 Å². The van der Waals surface area contributed by atoms with Crippen molar-refractivity contribution < 1.29 is 18.0 Å². The molecule has 2 heterocycles. The fraction of sp³-hybridized carbons (Fsp3) is 0.273. The molecule has 2 aromatic carbocycles. The van der Waals surface area contributed by atoms with Crippen LogP contribution in [-0.2, 0) is 23.0 Å². The first-order chi connectivity index (χ1) is 15.7. The molecule has 0 bridgehead atoms. The zero-order chi connectivity index (χ0) is 23.8. The molecule has 3 aromatic rings. The van der Waals surface area contributed by atoms with Gasteiger partial charge >= 0.3 is 0 Å². The van der Waals surface area contributed by atoms with Gasteiger partial charge in [0.2, 0.25) is 10.0 Å². The molecule has 10 nitrogen and oxygen atoms in total. The number of benzene rings is 2. The van der Waals surface area contributed by atoms with Crippen molar-refractivity contribution in [3.05, 3.63) is 69.6 Å². The summed E-state index contributed by atoms with van der Waals surface area (Å²) >= 11 is 0. The summed E-state index contributed by atoms with van der Waals surface area (Å²) in [4.78, 5) is 38.0. The average molecular weight is 470 g/mol. The molecule has 1 aliphatic heterocycles. The number of fused-ring (bicyclic) bond motifs is 2. The van der Waals surface area contributed by atoms with Crippen LogP contribution in [0.5, 0.6) is 0 Å². The lowest BCUT2D eigenvalue weighted by Crippen LogP contribution is -2.42. The van der Waals surface area contributed by atoms with E-state index in [1.165, 1.54) is 15.1 Å². The quantitative estimate of drug-likeness (QED) is 0.540. The Hall–Kier alpha value is -3.73. The van der Waals surface area contributed by atoms with E-state index in [2.05, 4.69) is 16.0 Å². The number of amides is 2. The highest BCUT2D eigenvalue weighted by Gasteiger charge is 2.27. The summed E-state index contributed by atoms with van der Waals surface area (Å²) in [6.45, 7) is 2.58. The Bertz CT molecular complexity index is 1430. The zero-order valence-corrected chi connectivity index (χ0v) is 19.0. The van der Waals surface area contributed by atoms with E-state index in [1.807, 2.05) is 6.92 Å². The Labute approximate surface area is 190 Å². The van der Waals surface area contributed by atoms with Crippen molar-refractivity contribution in [2.45, 2.75) is 26.3 Å². The largest absolute Gasteiger partial charge is 0.290 e. The molecule has 4 rings (SSSR count). The first kappa shape index (κ1) is 22.5. The highest BCUT2D eigenvalue weighted by atomic mass is 32.2. The normalized spacial score (nSPS) is 13.1. The van der Waals surface area contributed by atoms with Crippen LogP contribution >= 0.6 is 0 Å². The van der Waals surface area contributed by atoms with Crippen LogP contribution in [0.3, 0.4) is 0 Å². The van der Waals surface area contributed by atoms with Crippen molar-refractivity contribution in [2.75, 3.05) is 17.1 Å². The van der Waals surface area contributed by atoms with Gasteiger partial charge in [-0.25, -0.2) is 13.1 Å². The second-order valence-electron chi connectivity index (χ2n) is 7.76. The summed E-state index contributed by atoms with van der Waals surface area (Å²) in [6, 6.07) is 11.4. The summed E-state index contributed by atoms with van der Waals surface area (Å²) in [5.74, 6) is -1.22. The van der Waals surface area contributed by atoms with Gasteiger partial charge in [0.15, 0.2) is 5.69 Å². The molecule has 2 N–H and O–H groups in total. The molecular weight excluding hydrogens is 446 g/mol. The van der Waals surface area contributed by atoms with Crippen molar-refractivity contribution in [1.82, 2.24) is 20.6 Å². The molecule has 0 radical (unpaired) electrons. The monoisotopic (exact) mass is 469 g/mol. The van der Waals surface area contributed by atoms with Crippen molar-refractivity contribution >= 4 is 38.3 Å². The maximum absolute atomic E-state index is 12.8. The number of sulfonamides is 1. The van der Waals surface area contributed by atoms with Gasteiger partial charge in [0.25, 0.3) is 17.4 Å². The predicted molar refractivity (Wildman–Crippen MR) is 124 cm³/mol. The minimum absolute atomic E-state index is 0.0247. The molecule has 2 amide bonds. The van der Waals surface area contributed by atoms with Crippen LogP contribution < -0.4 is 20.7 Å². The number of nitrogens with one attached hydrogen (secondary N) is 2. The van der Waals surface area contributed by atoms with Crippen LogP contribution in [0, 0.1) is 0 Å². The molecule has 172 valence electrons. The van der Waals surface area contributed by atoms with Gasteiger partial charge in [-0.2, -0.15) is 5.10 Å². The van der Waals surface area contributed by atoms with E-state index in [1.54, 1.807) is 36.4 Å². The summed E-state index contributed by atoms with van der Waals surface area (Å²) in [5, 5.41) is 4.95. The number of hydrazine groups is 1. The summed E-state index contributed by atoms with van der Waals surface area (Å²) in [6.07, 6.45) is 2.29. The van der Waals surface area contributed by atoms with E-state index in [0.29, 0.717) is 42.4 Å². The Balaban J connectivity index is 1.54. The highest BCUT2D eigenvalue weighted by Crippen LogP contribution is 2.30. The van der Waals surface area contributed by atoms with E-state index in [4.69, 9.17) is 0 Å². The Morgan fingerprint density at radius 1 is 1.06 bits per heavy atom. The first-order valence-electron chi connectivity index (χ1n) is 10.4. The first-order valence-corrected chi connectivity index (χ1v) is 12.3. The molecule has 0 saturated carbocycles. The number of anilines is 1. The second kappa shape index (κ2) is 8.66. The Morgan fingerprint density at radius 3 is 2.45 bits per heavy atom.